The molecule has 1 aliphatic carbocycles. The van der Waals surface area contributed by atoms with Gasteiger partial charge in [-0.15, -0.1) is 0 Å². The van der Waals surface area contributed by atoms with Crippen LogP contribution in [0.3, 0.4) is 0 Å². The second-order valence-electron chi connectivity index (χ2n) is 5.23. The monoisotopic (exact) mass is 233 g/mol. The van der Waals surface area contributed by atoms with E-state index in [4.69, 9.17) is 4.74 Å². The Labute approximate surface area is 104 Å². The first-order valence-corrected chi connectivity index (χ1v) is 6.69. The lowest BCUT2D eigenvalue weighted by Gasteiger charge is -2.10. The van der Waals surface area contributed by atoms with Crippen LogP contribution in [0, 0.1) is 5.92 Å². The lowest BCUT2D eigenvalue weighted by atomic mass is 10.1. The van der Waals surface area contributed by atoms with Gasteiger partial charge in [-0.1, -0.05) is 19.9 Å². The normalized spacial score (nSPS) is 14.1. The van der Waals surface area contributed by atoms with Crippen molar-refractivity contribution in [3.63, 3.8) is 0 Å². The zero-order valence-electron chi connectivity index (χ0n) is 11.0. The third kappa shape index (κ3) is 3.74. The summed E-state index contributed by atoms with van der Waals surface area (Å²) in [6.45, 7) is 6.88. The summed E-state index contributed by atoms with van der Waals surface area (Å²) in [4.78, 5) is 0. The van der Waals surface area contributed by atoms with E-state index < -0.39 is 0 Å². The van der Waals surface area contributed by atoms with E-state index in [0.29, 0.717) is 5.92 Å². The van der Waals surface area contributed by atoms with Crippen LogP contribution in [0.2, 0.25) is 0 Å². The van der Waals surface area contributed by atoms with Crippen molar-refractivity contribution in [2.24, 2.45) is 5.92 Å². The van der Waals surface area contributed by atoms with Gasteiger partial charge in [-0.2, -0.15) is 0 Å². The van der Waals surface area contributed by atoms with Crippen LogP contribution in [0.15, 0.2) is 18.2 Å². The Hall–Kier alpha value is -1.02. The van der Waals surface area contributed by atoms with Gasteiger partial charge in [0.25, 0.3) is 0 Å². The van der Waals surface area contributed by atoms with Crippen molar-refractivity contribution < 1.29 is 4.74 Å². The number of hydrogen-bond acceptors (Lipinski definition) is 2. The summed E-state index contributed by atoms with van der Waals surface area (Å²) in [7, 11) is 0. The molecule has 1 aromatic rings. The zero-order valence-corrected chi connectivity index (χ0v) is 11.0. The van der Waals surface area contributed by atoms with Crippen LogP contribution in [0.4, 0.5) is 5.69 Å². The Bertz CT molecular complexity index is 360. The Balaban J connectivity index is 1.72. The zero-order chi connectivity index (χ0) is 12.1. The number of nitrogens with one attached hydrogen (secondary N) is 1. The van der Waals surface area contributed by atoms with Gasteiger partial charge in [0, 0.05) is 18.8 Å². The molecule has 0 atom stereocenters. The summed E-state index contributed by atoms with van der Waals surface area (Å²) in [5, 5.41) is 3.42. The Morgan fingerprint density at radius 3 is 2.88 bits per heavy atom. The van der Waals surface area contributed by atoms with Gasteiger partial charge in [0.05, 0.1) is 6.61 Å². The number of benzene rings is 1. The van der Waals surface area contributed by atoms with E-state index in [-0.39, 0.29) is 0 Å². The largest absolute Gasteiger partial charge is 0.383 e. The van der Waals surface area contributed by atoms with E-state index in [9.17, 15) is 0 Å². The Morgan fingerprint density at radius 1 is 1.24 bits per heavy atom. The summed E-state index contributed by atoms with van der Waals surface area (Å²) in [5.74, 6) is 0.620. The molecule has 17 heavy (non-hydrogen) atoms. The van der Waals surface area contributed by atoms with Crippen molar-refractivity contribution in [1.82, 2.24) is 0 Å². The van der Waals surface area contributed by atoms with Gasteiger partial charge in [0.15, 0.2) is 0 Å². The average molecular weight is 233 g/mol. The second-order valence-corrected chi connectivity index (χ2v) is 5.23. The number of ether oxygens (including phenoxy) is 1. The van der Waals surface area contributed by atoms with E-state index in [1.807, 2.05) is 0 Å². The van der Waals surface area contributed by atoms with Gasteiger partial charge >= 0.3 is 0 Å². The van der Waals surface area contributed by atoms with Gasteiger partial charge in [-0.25, -0.2) is 0 Å². The highest BCUT2D eigenvalue weighted by Gasteiger charge is 2.10. The van der Waals surface area contributed by atoms with Crippen molar-refractivity contribution in [1.29, 1.82) is 0 Å². The van der Waals surface area contributed by atoms with Crippen LogP contribution in [-0.4, -0.2) is 19.8 Å². The van der Waals surface area contributed by atoms with E-state index >= 15 is 0 Å². The van der Waals surface area contributed by atoms with Crippen LogP contribution >= 0.6 is 0 Å². The smallest absolute Gasteiger partial charge is 0.0639 e. The van der Waals surface area contributed by atoms with Crippen molar-refractivity contribution in [2.75, 3.05) is 25.1 Å². The molecule has 0 saturated heterocycles. The molecule has 0 spiro atoms. The molecular weight excluding hydrogens is 210 g/mol. The van der Waals surface area contributed by atoms with E-state index in [2.05, 4.69) is 37.4 Å². The summed E-state index contributed by atoms with van der Waals surface area (Å²) in [6, 6.07) is 6.75. The highest BCUT2D eigenvalue weighted by molar-refractivity contribution is 5.50. The molecule has 0 heterocycles. The molecule has 0 unspecified atom stereocenters. The fourth-order valence-corrected chi connectivity index (χ4v) is 2.27. The Kier molecular flexibility index (Phi) is 4.43. The van der Waals surface area contributed by atoms with Crippen LogP contribution in [0.25, 0.3) is 0 Å². The maximum atomic E-state index is 5.55. The number of anilines is 1. The third-order valence-electron chi connectivity index (χ3n) is 3.13. The molecule has 0 saturated carbocycles. The summed E-state index contributed by atoms with van der Waals surface area (Å²) >= 11 is 0. The quantitative estimate of drug-likeness (QED) is 0.761. The molecule has 2 nitrogen and oxygen atoms in total. The Morgan fingerprint density at radius 2 is 2.06 bits per heavy atom. The van der Waals surface area contributed by atoms with Crippen LogP contribution in [-0.2, 0) is 17.6 Å². The predicted octanol–water partition coefficient (Wildman–Crippen LogP) is 3.26. The van der Waals surface area contributed by atoms with Crippen molar-refractivity contribution >= 4 is 5.69 Å². The summed E-state index contributed by atoms with van der Waals surface area (Å²) < 4.78 is 5.55. The maximum absolute atomic E-state index is 5.55. The lowest BCUT2D eigenvalue weighted by molar-refractivity contribution is 0.118. The van der Waals surface area contributed by atoms with Crippen molar-refractivity contribution in [3.05, 3.63) is 29.3 Å². The molecule has 0 bridgehead atoms. The molecule has 0 aromatic heterocycles. The number of fused-ring (bicyclic) bond motifs is 1. The lowest BCUT2D eigenvalue weighted by Crippen LogP contribution is -2.12. The number of rotatable bonds is 6. The fourth-order valence-electron chi connectivity index (χ4n) is 2.27. The van der Waals surface area contributed by atoms with E-state index in [1.54, 1.807) is 0 Å². The molecule has 0 fully saturated rings. The van der Waals surface area contributed by atoms with Crippen LogP contribution in [0.1, 0.15) is 31.4 Å². The molecule has 0 aliphatic heterocycles. The molecule has 0 amide bonds. The van der Waals surface area contributed by atoms with Gasteiger partial charge in [0.2, 0.25) is 0 Å². The average Bonchev–Trinajstić information content (AvgIpc) is 2.75. The highest BCUT2D eigenvalue weighted by atomic mass is 16.5. The van der Waals surface area contributed by atoms with Gasteiger partial charge < -0.3 is 10.1 Å². The molecule has 0 radical (unpaired) electrons. The topological polar surface area (TPSA) is 21.3 Å². The summed E-state index contributed by atoms with van der Waals surface area (Å²) in [6.07, 6.45) is 3.82. The minimum Gasteiger partial charge on any atom is -0.383 e. The van der Waals surface area contributed by atoms with E-state index in [1.165, 1.54) is 36.1 Å². The van der Waals surface area contributed by atoms with Gasteiger partial charge in [-0.05, 0) is 48.4 Å². The van der Waals surface area contributed by atoms with Gasteiger partial charge in [-0.3, -0.25) is 0 Å². The molecule has 2 rings (SSSR count). The molecule has 1 N–H and O–H groups in total. The molecule has 1 aliphatic rings. The molecule has 1 aromatic carbocycles. The third-order valence-corrected chi connectivity index (χ3v) is 3.13. The van der Waals surface area contributed by atoms with Gasteiger partial charge in [0.1, 0.15) is 0 Å². The maximum Gasteiger partial charge on any atom is 0.0639 e. The number of hydrogen-bond donors (Lipinski definition) is 1. The standard InChI is InChI=1S/C15H23NO/c1-12(2)11-17-9-8-16-15-7-6-13-4-3-5-14(13)10-15/h6-7,10,12,16H,3-5,8-9,11H2,1-2H3. The minimum absolute atomic E-state index is 0.620. The number of aryl methyl sites for hydroxylation is 2. The van der Waals surface area contributed by atoms with Crippen LogP contribution < -0.4 is 5.32 Å². The van der Waals surface area contributed by atoms with Crippen LogP contribution in [0.5, 0.6) is 0 Å². The highest BCUT2D eigenvalue weighted by Crippen LogP contribution is 2.24. The molecular formula is C15H23NO. The van der Waals surface area contributed by atoms with Crippen molar-refractivity contribution in [2.45, 2.75) is 33.1 Å². The molecule has 94 valence electrons. The van der Waals surface area contributed by atoms with E-state index in [0.717, 1.165) is 19.8 Å². The first-order valence-electron chi connectivity index (χ1n) is 6.69. The first kappa shape index (κ1) is 12.4. The fraction of sp³-hybridized carbons (Fsp3) is 0.600. The first-order chi connectivity index (χ1) is 8.25. The molecule has 2 heteroatoms. The van der Waals surface area contributed by atoms with Crippen molar-refractivity contribution in [3.8, 4) is 0 Å². The second kappa shape index (κ2) is 6.06. The SMILES string of the molecule is CC(C)COCCNc1ccc2c(c1)CCC2. The minimum atomic E-state index is 0.620. The predicted molar refractivity (Wildman–Crippen MR) is 72.6 cm³/mol. The summed E-state index contributed by atoms with van der Waals surface area (Å²) in [5.41, 5.74) is 4.29.